The average Bonchev–Trinajstić information content (AvgIpc) is 2.32. The fourth-order valence-corrected chi connectivity index (χ4v) is 1.63. The molecule has 1 atom stereocenters. The Bertz CT molecular complexity index is 502. The van der Waals surface area contributed by atoms with Gasteiger partial charge in [0.15, 0.2) is 6.61 Å². The molecular weight excluding hydrogens is 266 g/mol. The monoisotopic (exact) mass is 274 g/mol. The highest BCUT2D eigenvalue weighted by molar-refractivity contribution is 5.85. The average molecular weight is 275 g/mol. The van der Waals surface area contributed by atoms with Gasteiger partial charge >= 0.3 is 12.0 Å². The highest BCUT2D eigenvalue weighted by atomic mass is 35.5. The zero-order valence-corrected chi connectivity index (χ0v) is 9.84. The molecule has 96 valence electrons. The van der Waals surface area contributed by atoms with Gasteiger partial charge in [0.25, 0.3) is 0 Å². The van der Waals surface area contributed by atoms with Crippen molar-refractivity contribution in [1.82, 2.24) is 5.32 Å². The molecule has 0 radical (unpaired) electrons. The predicted molar refractivity (Wildman–Crippen MR) is 60.6 cm³/mol. The first-order chi connectivity index (χ1) is 8.03. The number of rotatable bonds is 1. The van der Waals surface area contributed by atoms with Gasteiger partial charge in [-0.2, -0.15) is 5.26 Å². The predicted octanol–water partition coefficient (Wildman–Crippen LogP) is 2.40. The molecule has 1 amide bonds. The lowest BCUT2D eigenvalue weighted by atomic mass is 9.98. The van der Waals surface area contributed by atoms with Crippen LogP contribution >= 0.6 is 12.4 Å². The second kappa shape index (κ2) is 5.19. The van der Waals surface area contributed by atoms with E-state index in [1.165, 1.54) is 24.3 Å². The second-order valence-electron chi connectivity index (χ2n) is 3.65. The van der Waals surface area contributed by atoms with Crippen molar-refractivity contribution >= 4 is 18.5 Å². The third-order valence-corrected chi connectivity index (χ3v) is 2.43. The normalized spacial score (nSPS) is 20.9. The van der Waals surface area contributed by atoms with Crippen molar-refractivity contribution in [3.05, 3.63) is 35.4 Å². The second-order valence-corrected chi connectivity index (χ2v) is 3.65. The smallest absolute Gasteiger partial charge is 0.408 e. The quantitative estimate of drug-likeness (QED) is 0.855. The molecule has 1 aliphatic rings. The molecule has 0 bridgehead atoms. The first kappa shape index (κ1) is 14.2. The molecule has 4 nitrogen and oxygen atoms in total. The Kier molecular flexibility index (Phi) is 4.09. The van der Waals surface area contributed by atoms with Crippen molar-refractivity contribution in [2.45, 2.75) is 12.0 Å². The molecule has 0 saturated carbocycles. The van der Waals surface area contributed by atoms with Crippen LogP contribution in [0.3, 0.4) is 0 Å². The van der Waals surface area contributed by atoms with Crippen LogP contribution < -0.4 is 5.32 Å². The van der Waals surface area contributed by atoms with Crippen LogP contribution in [-0.2, 0) is 4.74 Å². The maximum absolute atomic E-state index is 13.5. The van der Waals surface area contributed by atoms with Crippen molar-refractivity contribution in [1.29, 1.82) is 5.26 Å². The van der Waals surface area contributed by atoms with Crippen LogP contribution in [0.15, 0.2) is 24.3 Å². The molecule has 0 unspecified atom stereocenters. The van der Waals surface area contributed by atoms with Gasteiger partial charge < -0.3 is 10.1 Å². The Morgan fingerprint density at radius 2 is 2.22 bits per heavy atom. The molecule has 7 heteroatoms. The summed E-state index contributed by atoms with van der Waals surface area (Å²) in [5.74, 6) is -3.19. The molecule has 2 rings (SSSR count). The van der Waals surface area contributed by atoms with Crippen LogP contribution in [0.4, 0.5) is 13.6 Å². The molecule has 1 N–H and O–H groups in total. The van der Waals surface area contributed by atoms with E-state index in [4.69, 9.17) is 5.26 Å². The number of carbonyl (C=O) groups is 1. The summed E-state index contributed by atoms with van der Waals surface area (Å²) in [6.07, 6.45) is -0.886. The molecular formula is C11H9ClF2N2O2. The lowest BCUT2D eigenvalue weighted by molar-refractivity contribution is -0.104. The highest BCUT2D eigenvalue weighted by Crippen LogP contribution is 2.34. The fourth-order valence-electron chi connectivity index (χ4n) is 1.63. The van der Waals surface area contributed by atoms with Crippen molar-refractivity contribution in [3.8, 4) is 6.07 Å². The number of halogens is 3. The summed E-state index contributed by atoms with van der Waals surface area (Å²) in [5, 5.41) is 10.7. The van der Waals surface area contributed by atoms with E-state index in [-0.39, 0.29) is 23.5 Å². The Hall–Kier alpha value is -1.87. The third-order valence-electron chi connectivity index (χ3n) is 2.43. The minimum atomic E-state index is -3.19. The zero-order chi connectivity index (χ0) is 12.5. The van der Waals surface area contributed by atoms with E-state index in [1.54, 1.807) is 0 Å². The van der Waals surface area contributed by atoms with E-state index in [2.05, 4.69) is 10.1 Å². The number of hydrogen-bond acceptors (Lipinski definition) is 3. The zero-order valence-electron chi connectivity index (χ0n) is 9.02. The van der Waals surface area contributed by atoms with Crippen LogP contribution in [0.1, 0.15) is 17.2 Å². The van der Waals surface area contributed by atoms with E-state index < -0.39 is 24.7 Å². The van der Waals surface area contributed by atoms with E-state index in [9.17, 15) is 13.6 Å². The van der Waals surface area contributed by atoms with Gasteiger partial charge in [-0.05, 0) is 17.7 Å². The number of hydrogen-bond donors (Lipinski definition) is 1. The van der Waals surface area contributed by atoms with Gasteiger partial charge in [0.1, 0.15) is 6.04 Å². The number of ether oxygens (including phenoxy) is 1. The summed E-state index contributed by atoms with van der Waals surface area (Å²) in [6.45, 7) is -0.958. The number of carbonyl (C=O) groups excluding carboxylic acids is 1. The summed E-state index contributed by atoms with van der Waals surface area (Å²) < 4.78 is 31.3. The molecule has 1 aromatic carbocycles. The van der Waals surface area contributed by atoms with Crippen molar-refractivity contribution in [3.63, 3.8) is 0 Å². The lowest BCUT2D eigenvalue weighted by Gasteiger charge is -2.31. The maximum Gasteiger partial charge on any atom is 0.408 e. The third kappa shape index (κ3) is 2.68. The number of benzene rings is 1. The number of nitriles is 1. The van der Waals surface area contributed by atoms with Gasteiger partial charge in [0.05, 0.1) is 11.6 Å². The largest absolute Gasteiger partial charge is 0.443 e. The first-order valence-electron chi connectivity index (χ1n) is 4.84. The summed E-state index contributed by atoms with van der Waals surface area (Å²) in [6, 6.07) is 6.15. The first-order valence-corrected chi connectivity index (χ1v) is 4.84. The number of alkyl carbamates (subject to hydrolysis) is 1. The summed E-state index contributed by atoms with van der Waals surface area (Å²) >= 11 is 0. The number of nitrogens with one attached hydrogen (secondary N) is 1. The number of cyclic esters (lactones) is 1. The Morgan fingerprint density at radius 1 is 1.50 bits per heavy atom. The van der Waals surface area contributed by atoms with Gasteiger partial charge in [-0.1, -0.05) is 12.1 Å². The van der Waals surface area contributed by atoms with Crippen LogP contribution in [0, 0.1) is 11.3 Å². The molecule has 0 spiro atoms. The fraction of sp³-hybridized carbons (Fsp3) is 0.273. The molecule has 1 aliphatic heterocycles. The Labute approximate surface area is 108 Å². The van der Waals surface area contributed by atoms with Gasteiger partial charge in [-0.25, -0.2) is 13.6 Å². The van der Waals surface area contributed by atoms with Crippen molar-refractivity contribution < 1.29 is 18.3 Å². The van der Waals surface area contributed by atoms with E-state index in [1.807, 2.05) is 6.07 Å². The Morgan fingerprint density at radius 3 is 2.89 bits per heavy atom. The van der Waals surface area contributed by atoms with Crippen LogP contribution in [0.2, 0.25) is 0 Å². The Balaban J connectivity index is 0.00000162. The molecule has 0 aliphatic carbocycles. The lowest BCUT2D eigenvalue weighted by Crippen LogP contribution is -2.49. The van der Waals surface area contributed by atoms with Gasteiger partial charge in [-0.15, -0.1) is 12.4 Å². The van der Waals surface area contributed by atoms with E-state index in [0.29, 0.717) is 0 Å². The molecule has 0 aromatic heterocycles. The van der Waals surface area contributed by atoms with E-state index >= 15 is 0 Å². The topological polar surface area (TPSA) is 62.1 Å². The van der Waals surface area contributed by atoms with Gasteiger partial charge in [0, 0.05) is 0 Å². The standard InChI is InChI=1S/C11H8F2N2O2.ClH/c12-11(13)6-17-10(16)15-9(11)8-3-1-2-7(4-8)5-14;/h1-4,9H,6H2,(H,15,16);1H/t9-;/m0./s1. The molecule has 1 heterocycles. The maximum atomic E-state index is 13.5. The van der Waals surface area contributed by atoms with Crippen LogP contribution in [0.5, 0.6) is 0 Å². The SMILES string of the molecule is Cl.N#Cc1cccc([C@@H]2NC(=O)OCC2(F)F)c1. The number of amides is 1. The van der Waals surface area contributed by atoms with Crippen LogP contribution in [-0.4, -0.2) is 18.6 Å². The number of alkyl halides is 2. The summed E-state index contributed by atoms with van der Waals surface area (Å²) in [4.78, 5) is 11.0. The molecule has 1 fully saturated rings. The minimum absolute atomic E-state index is 0. The molecule has 1 saturated heterocycles. The molecule has 1 aromatic rings. The van der Waals surface area contributed by atoms with Crippen molar-refractivity contribution in [2.24, 2.45) is 0 Å². The van der Waals surface area contributed by atoms with Crippen molar-refractivity contribution in [2.75, 3.05) is 6.61 Å². The number of nitrogens with zero attached hydrogens (tertiary/aromatic N) is 1. The highest BCUT2D eigenvalue weighted by Gasteiger charge is 2.46. The van der Waals surface area contributed by atoms with Crippen LogP contribution in [0.25, 0.3) is 0 Å². The summed E-state index contributed by atoms with van der Waals surface area (Å²) in [7, 11) is 0. The molecule has 18 heavy (non-hydrogen) atoms. The van der Waals surface area contributed by atoms with Gasteiger partial charge in [-0.3, -0.25) is 0 Å². The van der Waals surface area contributed by atoms with E-state index in [0.717, 1.165) is 0 Å². The minimum Gasteiger partial charge on any atom is -0.443 e. The summed E-state index contributed by atoms with van der Waals surface area (Å²) in [5.41, 5.74) is 0.449. The van der Waals surface area contributed by atoms with Gasteiger partial charge in [0.2, 0.25) is 0 Å².